The van der Waals surface area contributed by atoms with Crippen LogP contribution in [0.15, 0.2) is 18.2 Å². The average molecular weight is 263 g/mol. The van der Waals surface area contributed by atoms with Gasteiger partial charge < -0.3 is 14.8 Å². The molecule has 1 unspecified atom stereocenters. The third kappa shape index (κ3) is 4.51. The Morgan fingerprint density at radius 2 is 2.16 bits per heavy atom. The Morgan fingerprint density at radius 3 is 2.79 bits per heavy atom. The predicted molar refractivity (Wildman–Crippen MR) is 77.6 cm³/mol. The minimum absolute atomic E-state index is 0.109. The lowest BCUT2D eigenvalue weighted by Crippen LogP contribution is -2.35. The van der Waals surface area contributed by atoms with Crippen molar-refractivity contribution in [2.45, 2.75) is 52.3 Å². The van der Waals surface area contributed by atoms with Crippen LogP contribution < -0.4 is 10.1 Å². The molecule has 0 spiro atoms. The highest BCUT2D eigenvalue weighted by atomic mass is 16.5. The summed E-state index contributed by atoms with van der Waals surface area (Å²) >= 11 is 0. The lowest BCUT2D eigenvalue weighted by Gasteiger charge is -2.22. The Hall–Kier alpha value is -1.06. The van der Waals surface area contributed by atoms with Gasteiger partial charge in [-0.2, -0.15) is 0 Å². The van der Waals surface area contributed by atoms with E-state index in [4.69, 9.17) is 9.47 Å². The van der Waals surface area contributed by atoms with Crippen molar-refractivity contribution in [3.63, 3.8) is 0 Å². The molecule has 0 radical (unpaired) electrons. The lowest BCUT2D eigenvalue weighted by molar-refractivity contribution is 0.140. The van der Waals surface area contributed by atoms with E-state index in [0.717, 1.165) is 25.3 Å². The average Bonchev–Trinajstić information content (AvgIpc) is 2.81. The highest BCUT2D eigenvalue weighted by Gasteiger charge is 2.19. The molecule has 1 aliphatic rings. The summed E-state index contributed by atoms with van der Waals surface area (Å²) in [6.45, 7) is 11.0. The molecule has 0 aliphatic carbocycles. The van der Waals surface area contributed by atoms with E-state index in [9.17, 15) is 0 Å². The van der Waals surface area contributed by atoms with Gasteiger partial charge in [-0.1, -0.05) is 17.7 Å². The summed E-state index contributed by atoms with van der Waals surface area (Å²) in [7, 11) is 0. The zero-order valence-corrected chi connectivity index (χ0v) is 12.5. The van der Waals surface area contributed by atoms with Gasteiger partial charge in [0.15, 0.2) is 0 Å². The van der Waals surface area contributed by atoms with E-state index < -0.39 is 0 Å². The Kier molecular flexibility index (Phi) is 4.48. The molecule has 0 saturated carbocycles. The number of aryl methyl sites for hydroxylation is 1. The van der Waals surface area contributed by atoms with Crippen LogP contribution in [-0.4, -0.2) is 24.9 Å². The van der Waals surface area contributed by atoms with E-state index in [-0.39, 0.29) is 11.6 Å². The zero-order valence-electron chi connectivity index (χ0n) is 12.5. The molecule has 0 amide bonds. The molecule has 3 nitrogen and oxygen atoms in total. The molecule has 1 aromatic rings. The van der Waals surface area contributed by atoms with Crippen molar-refractivity contribution in [1.29, 1.82) is 0 Å². The predicted octanol–water partition coefficient (Wildman–Crippen LogP) is 3.05. The summed E-state index contributed by atoms with van der Waals surface area (Å²) in [6.07, 6.45) is 1.19. The standard InChI is InChI=1S/C16H25NO2/c1-12-5-6-15(19-14-7-8-18-11-14)13(9-12)10-17-16(2,3)4/h5-6,9,14,17H,7-8,10-11H2,1-4H3. The van der Waals surface area contributed by atoms with Crippen LogP contribution in [0.4, 0.5) is 0 Å². The number of nitrogens with one attached hydrogen (secondary N) is 1. The van der Waals surface area contributed by atoms with E-state index >= 15 is 0 Å². The zero-order chi connectivity index (χ0) is 13.9. The van der Waals surface area contributed by atoms with E-state index in [1.54, 1.807) is 0 Å². The van der Waals surface area contributed by atoms with Gasteiger partial charge in [0.25, 0.3) is 0 Å². The van der Waals surface area contributed by atoms with E-state index in [2.05, 4.69) is 51.2 Å². The first kappa shape index (κ1) is 14.4. The smallest absolute Gasteiger partial charge is 0.124 e. The fourth-order valence-corrected chi connectivity index (χ4v) is 2.11. The number of hydrogen-bond acceptors (Lipinski definition) is 3. The topological polar surface area (TPSA) is 30.5 Å². The first-order chi connectivity index (χ1) is 8.94. The molecule has 19 heavy (non-hydrogen) atoms. The van der Waals surface area contributed by atoms with Crippen molar-refractivity contribution >= 4 is 0 Å². The SMILES string of the molecule is Cc1ccc(OC2CCOC2)c(CNC(C)(C)C)c1. The fourth-order valence-electron chi connectivity index (χ4n) is 2.11. The van der Waals surface area contributed by atoms with Gasteiger partial charge in [0, 0.05) is 24.1 Å². The van der Waals surface area contributed by atoms with Gasteiger partial charge in [-0.15, -0.1) is 0 Å². The Bertz CT molecular complexity index is 417. The monoisotopic (exact) mass is 263 g/mol. The molecule has 0 aromatic heterocycles. The molecule has 2 rings (SSSR count). The van der Waals surface area contributed by atoms with Gasteiger partial charge >= 0.3 is 0 Å². The molecule has 3 heteroatoms. The highest BCUT2D eigenvalue weighted by Crippen LogP contribution is 2.24. The minimum atomic E-state index is 0.109. The third-order valence-electron chi connectivity index (χ3n) is 3.21. The van der Waals surface area contributed by atoms with Crippen molar-refractivity contribution < 1.29 is 9.47 Å². The molecule has 106 valence electrons. The van der Waals surface area contributed by atoms with Gasteiger partial charge in [-0.05, 0) is 33.8 Å². The summed E-state index contributed by atoms with van der Waals surface area (Å²) in [5.41, 5.74) is 2.60. The van der Waals surface area contributed by atoms with Crippen LogP contribution in [0.5, 0.6) is 5.75 Å². The van der Waals surface area contributed by atoms with Crippen molar-refractivity contribution in [3.05, 3.63) is 29.3 Å². The first-order valence-electron chi connectivity index (χ1n) is 7.03. The van der Waals surface area contributed by atoms with Crippen LogP contribution in [0.1, 0.15) is 38.3 Å². The molecule has 1 fully saturated rings. The number of rotatable bonds is 4. The van der Waals surface area contributed by atoms with Crippen LogP contribution in [0.3, 0.4) is 0 Å². The van der Waals surface area contributed by atoms with Crippen LogP contribution >= 0.6 is 0 Å². The van der Waals surface area contributed by atoms with E-state index in [1.165, 1.54) is 11.1 Å². The number of benzene rings is 1. The number of hydrogen-bond donors (Lipinski definition) is 1. The lowest BCUT2D eigenvalue weighted by atomic mass is 10.1. The molecule has 1 saturated heterocycles. The minimum Gasteiger partial charge on any atom is -0.488 e. The van der Waals surface area contributed by atoms with Crippen molar-refractivity contribution in [2.75, 3.05) is 13.2 Å². The molecule has 1 N–H and O–H groups in total. The molecule has 0 bridgehead atoms. The normalized spacial score (nSPS) is 19.7. The maximum atomic E-state index is 6.06. The Labute approximate surface area is 116 Å². The van der Waals surface area contributed by atoms with Gasteiger partial charge in [0.2, 0.25) is 0 Å². The van der Waals surface area contributed by atoms with Crippen LogP contribution in [0.25, 0.3) is 0 Å². The van der Waals surface area contributed by atoms with Gasteiger partial charge in [-0.3, -0.25) is 0 Å². The maximum Gasteiger partial charge on any atom is 0.124 e. The number of ether oxygens (including phenoxy) is 2. The Morgan fingerprint density at radius 1 is 1.37 bits per heavy atom. The molecule has 1 aliphatic heterocycles. The molecular formula is C16H25NO2. The second kappa shape index (κ2) is 5.93. The van der Waals surface area contributed by atoms with Crippen LogP contribution in [0, 0.1) is 6.92 Å². The summed E-state index contributed by atoms with van der Waals surface area (Å²) < 4.78 is 11.4. The summed E-state index contributed by atoms with van der Waals surface area (Å²) in [6, 6.07) is 6.38. The van der Waals surface area contributed by atoms with Crippen molar-refractivity contribution in [3.8, 4) is 5.75 Å². The third-order valence-corrected chi connectivity index (χ3v) is 3.21. The van der Waals surface area contributed by atoms with Crippen LogP contribution in [0.2, 0.25) is 0 Å². The second-order valence-electron chi connectivity index (χ2n) is 6.32. The Balaban J connectivity index is 2.08. The molecule has 1 heterocycles. The molecule has 1 aromatic carbocycles. The van der Waals surface area contributed by atoms with Gasteiger partial charge in [0.1, 0.15) is 11.9 Å². The van der Waals surface area contributed by atoms with E-state index in [0.29, 0.717) is 6.61 Å². The quantitative estimate of drug-likeness (QED) is 0.905. The summed E-state index contributed by atoms with van der Waals surface area (Å²) in [5, 5.41) is 3.52. The highest BCUT2D eigenvalue weighted by molar-refractivity contribution is 5.37. The van der Waals surface area contributed by atoms with Gasteiger partial charge in [-0.25, -0.2) is 0 Å². The molecular weight excluding hydrogens is 238 g/mol. The van der Waals surface area contributed by atoms with Crippen molar-refractivity contribution in [1.82, 2.24) is 5.32 Å². The van der Waals surface area contributed by atoms with Gasteiger partial charge in [0.05, 0.1) is 13.2 Å². The van der Waals surface area contributed by atoms with Crippen LogP contribution in [-0.2, 0) is 11.3 Å². The largest absolute Gasteiger partial charge is 0.488 e. The first-order valence-corrected chi connectivity index (χ1v) is 7.03. The fraction of sp³-hybridized carbons (Fsp3) is 0.625. The maximum absolute atomic E-state index is 6.06. The summed E-state index contributed by atoms with van der Waals surface area (Å²) in [4.78, 5) is 0. The van der Waals surface area contributed by atoms with Crippen molar-refractivity contribution in [2.24, 2.45) is 0 Å². The molecule has 1 atom stereocenters. The van der Waals surface area contributed by atoms with E-state index in [1.807, 2.05) is 0 Å². The summed E-state index contributed by atoms with van der Waals surface area (Å²) in [5.74, 6) is 0.984. The second-order valence-corrected chi connectivity index (χ2v) is 6.32.